The summed E-state index contributed by atoms with van der Waals surface area (Å²) in [6.45, 7) is 6.10. The molecule has 2 amide bonds. The third-order valence-electron chi connectivity index (χ3n) is 5.83. The summed E-state index contributed by atoms with van der Waals surface area (Å²) < 4.78 is 5.19. The Morgan fingerprint density at radius 2 is 2.04 bits per heavy atom. The van der Waals surface area contributed by atoms with Gasteiger partial charge in [0.2, 0.25) is 5.91 Å². The van der Waals surface area contributed by atoms with Crippen molar-refractivity contribution in [2.45, 2.75) is 46.1 Å². The molecule has 0 radical (unpaired) electrons. The van der Waals surface area contributed by atoms with Crippen LogP contribution in [-0.4, -0.2) is 56.2 Å². The van der Waals surface area contributed by atoms with E-state index in [1.165, 1.54) is 6.39 Å². The highest BCUT2D eigenvalue weighted by Crippen LogP contribution is 2.39. The third-order valence-corrected chi connectivity index (χ3v) is 5.83. The SMILES string of the molecule is Cc1cnc(CN2CC3(CCCN(C(=O)c4ncoc4C)C3)CCC2=O)cn1. The van der Waals surface area contributed by atoms with Crippen LogP contribution in [0.25, 0.3) is 0 Å². The van der Waals surface area contributed by atoms with E-state index in [0.717, 1.165) is 30.7 Å². The lowest BCUT2D eigenvalue weighted by Crippen LogP contribution is -2.55. The summed E-state index contributed by atoms with van der Waals surface area (Å²) in [5.74, 6) is 0.602. The van der Waals surface area contributed by atoms with Gasteiger partial charge in [-0.05, 0) is 33.1 Å². The normalized spacial score (nSPS) is 22.7. The van der Waals surface area contributed by atoms with Gasteiger partial charge in [-0.25, -0.2) is 4.98 Å². The van der Waals surface area contributed by atoms with Crippen LogP contribution < -0.4 is 0 Å². The predicted octanol–water partition coefficient (Wildman–Crippen LogP) is 2.13. The van der Waals surface area contributed by atoms with Gasteiger partial charge in [0.15, 0.2) is 12.1 Å². The largest absolute Gasteiger partial charge is 0.448 e. The van der Waals surface area contributed by atoms with E-state index in [1.807, 2.05) is 16.7 Å². The average Bonchev–Trinajstić information content (AvgIpc) is 3.12. The minimum atomic E-state index is -0.0850. The van der Waals surface area contributed by atoms with Crippen LogP contribution >= 0.6 is 0 Å². The van der Waals surface area contributed by atoms with E-state index in [9.17, 15) is 9.59 Å². The first-order valence-corrected chi connectivity index (χ1v) is 9.70. The minimum Gasteiger partial charge on any atom is -0.448 e. The molecule has 2 saturated heterocycles. The van der Waals surface area contributed by atoms with Crippen molar-refractivity contribution >= 4 is 11.8 Å². The number of nitrogens with zero attached hydrogens (tertiary/aromatic N) is 5. The molecule has 0 aromatic carbocycles. The van der Waals surface area contributed by atoms with E-state index in [1.54, 1.807) is 19.3 Å². The van der Waals surface area contributed by atoms with Crippen LogP contribution in [0.5, 0.6) is 0 Å². The van der Waals surface area contributed by atoms with Crippen LogP contribution in [0, 0.1) is 19.3 Å². The van der Waals surface area contributed by atoms with Crippen LogP contribution in [0.15, 0.2) is 23.2 Å². The van der Waals surface area contributed by atoms with E-state index >= 15 is 0 Å². The lowest BCUT2D eigenvalue weighted by Gasteiger charge is -2.48. The Labute approximate surface area is 164 Å². The van der Waals surface area contributed by atoms with Gasteiger partial charge in [0.25, 0.3) is 5.91 Å². The Morgan fingerprint density at radius 1 is 1.18 bits per heavy atom. The molecule has 148 valence electrons. The van der Waals surface area contributed by atoms with Crippen molar-refractivity contribution in [2.75, 3.05) is 19.6 Å². The van der Waals surface area contributed by atoms with Crippen molar-refractivity contribution in [1.82, 2.24) is 24.8 Å². The Morgan fingerprint density at radius 3 is 2.75 bits per heavy atom. The summed E-state index contributed by atoms with van der Waals surface area (Å²) in [5, 5.41) is 0. The number of carbonyl (C=O) groups is 2. The number of likely N-dealkylation sites (tertiary alicyclic amines) is 2. The van der Waals surface area contributed by atoms with Crippen molar-refractivity contribution in [3.63, 3.8) is 0 Å². The summed E-state index contributed by atoms with van der Waals surface area (Å²) in [5.41, 5.74) is 1.96. The molecule has 2 aliphatic rings. The number of aromatic nitrogens is 3. The lowest BCUT2D eigenvalue weighted by atomic mass is 9.73. The fourth-order valence-electron chi connectivity index (χ4n) is 4.32. The van der Waals surface area contributed by atoms with E-state index in [0.29, 0.717) is 44.1 Å². The van der Waals surface area contributed by atoms with Crippen LogP contribution in [0.2, 0.25) is 0 Å². The molecular formula is C20H25N5O3. The second kappa shape index (κ2) is 7.33. The van der Waals surface area contributed by atoms with Crippen molar-refractivity contribution in [3.05, 3.63) is 41.6 Å². The maximum atomic E-state index is 12.9. The van der Waals surface area contributed by atoms with Gasteiger partial charge in [-0.15, -0.1) is 0 Å². The van der Waals surface area contributed by atoms with Crippen molar-refractivity contribution < 1.29 is 14.0 Å². The molecule has 2 aliphatic heterocycles. The highest BCUT2D eigenvalue weighted by Gasteiger charge is 2.43. The second-order valence-electron chi connectivity index (χ2n) is 7.99. The first kappa shape index (κ1) is 18.6. The molecule has 0 saturated carbocycles. The van der Waals surface area contributed by atoms with Gasteiger partial charge in [-0.1, -0.05) is 0 Å². The van der Waals surface area contributed by atoms with Crippen molar-refractivity contribution in [3.8, 4) is 0 Å². The van der Waals surface area contributed by atoms with Gasteiger partial charge in [0.1, 0.15) is 5.76 Å². The Hall–Kier alpha value is -2.77. The standard InChI is InChI=1S/C20H25N5O3/c1-14-8-22-16(9-21-14)10-25-12-20(6-4-17(25)26)5-3-7-24(11-20)19(27)18-15(2)28-13-23-18/h8-9,13H,3-7,10-12H2,1-2H3. The highest BCUT2D eigenvalue weighted by atomic mass is 16.3. The molecule has 8 nitrogen and oxygen atoms in total. The molecule has 4 heterocycles. The number of aryl methyl sites for hydroxylation is 2. The van der Waals surface area contributed by atoms with Gasteiger partial charge in [-0.2, -0.15) is 0 Å². The zero-order chi connectivity index (χ0) is 19.7. The van der Waals surface area contributed by atoms with Gasteiger partial charge < -0.3 is 14.2 Å². The van der Waals surface area contributed by atoms with Crippen LogP contribution in [0.3, 0.4) is 0 Å². The van der Waals surface area contributed by atoms with E-state index in [4.69, 9.17) is 4.42 Å². The second-order valence-corrected chi connectivity index (χ2v) is 7.99. The zero-order valence-corrected chi connectivity index (χ0v) is 16.3. The first-order valence-electron chi connectivity index (χ1n) is 9.70. The van der Waals surface area contributed by atoms with Crippen molar-refractivity contribution in [2.24, 2.45) is 5.41 Å². The number of amides is 2. The number of piperidine rings is 2. The topological polar surface area (TPSA) is 92.4 Å². The van der Waals surface area contributed by atoms with Crippen LogP contribution in [0.4, 0.5) is 0 Å². The fraction of sp³-hybridized carbons (Fsp3) is 0.550. The molecule has 0 N–H and O–H groups in total. The first-order chi connectivity index (χ1) is 13.5. The molecule has 2 fully saturated rings. The summed E-state index contributed by atoms with van der Waals surface area (Å²) in [4.78, 5) is 41.9. The van der Waals surface area contributed by atoms with Crippen LogP contribution in [-0.2, 0) is 11.3 Å². The van der Waals surface area contributed by atoms with Gasteiger partial charge in [-0.3, -0.25) is 19.6 Å². The smallest absolute Gasteiger partial charge is 0.276 e. The van der Waals surface area contributed by atoms with E-state index in [-0.39, 0.29) is 17.2 Å². The Bertz CT molecular complexity index is 878. The molecule has 2 aromatic heterocycles. The number of rotatable bonds is 3. The molecule has 2 aromatic rings. The Balaban J connectivity index is 1.48. The fourth-order valence-corrected chi connectivity index (χ4v) is 4.32. The summed E-state index contributed by atoms with van der Waals surface area (Å²) in [6.07, 6.45) is 8.02. The summed E-state index contributed by atoms with van der Waals surface area (Å²) in [6, 6.07) is 0. The molecular weight excluding hydrogens is 358 g/mol. The molecule has 1 atom stereocenters. The van der Waals surface area contributed by atoms with Crippen LogP contribution in [0.1, 0.15) is 53.3 Å². The summed E-state index contributed by atoms with van der Waals surface area (Å²) in [7, 11) is 0. The minimum absolute atomic E-state index is 0.0718. The van der Waals surface area contributed by atoms with Gasteiger partial charge >= 0.3 is 0 Å². The maximum Gasteiger partial charge on any atom is 0.276 e. The molecule has 8 heteroatoms. The van der Waals surface area contributed by atoms with E-state index in [2.05, 4.69) is 15.0 Å². The highest BCUT2D eigenvalue weighted by molar-refractivity contribution is 5.93. The quantitative estimate of drug-likeness (QED) is 0.806. The number of hydrogen-bond acceptors (Lipinski definition) is 6. The molecule has 4 rings (SSSR count). The monoisotopic (exact) mass is 383 g/mol. The van der Waals surface area contributed by atoms with Gasteiger partial charge in [0, 0.05) is 37.7 Å². The molecule has 1 unspecified atom stereocenters. The zero-order valence-electron chi connectivity index (χ0n) is 16.3. The maximum absolute atomic E-state index is 12.9. The van der Waals surface area contributed by atoms with E-state index < -0.39 is 0 Å². The lowest BCUT2D eigenvalue weighted by molar-refractivity contribution is -0.139. The predicted molar refractivity (Wildman–Crippen MR) is 100 cm³/mol. The van der Waals surface area contributed by atoms with Gasteiger partial charge in [0.05, 0.1) is 24.1 Å². The Kier molecular flexibility index (Phi) is 4.87. The number of oxazole rings is 1. The molecule has 28 heavy (non-hydrogen) atoms. The number of hydrogen-bond donors (Lipinski definition) is 0. The molecule has 0 bridgehead atoms. The molecule has 0 aliphatic carbocycles. The summed E-state index contributed by atoms with van der Waals surface area (Å²) >= 11 is 0. The molecule has 1 spiro atoms. The van der Waals surface area contributed by atoms with Crippen molar-refractivity contribution in [1.29, 1.82) is 0 Å². The third kappa shape index (κ3) is 3.63. The average molecular weight is 383 g/mol. The number of carbonyl (C=O) groups excluding carboxylic acids is 2.